The number of hydrogen-bond acceptors (Lipinski definition) is 4. The van der Waals surface area contributed by atoms with Crippen LogP contribution in [0.4, 0.5) is 11.4 Å². The molecule has 7 nitrogen and oxygen atoms in total. The van der Waals surface area contributed by atoms with Gasteiger partial charge >= 0.3 is 0 Å². The van der Waals surface area contributed by atoms with E-state index in [0.717, 1.165) is 0 Å². The molecule has 3 amide bonds. The van der Waals surface area contributed by atoms with E-state index in [0.29, 0.717) is 16.9 Å². The van der Waals surface area contributed by atoms with Gasteiger partial charge in [-0.05, 0) is 31.2 Å². The van der Waals surface area contributed by atoms with Crippen molar-refractivity contribution in [1.29, 1.82) is 0 Å². The van der Waals surface area contributed by atoms with Gasteiger partial charge in [-0.25, -0.2) is 0 Å². The van der Waals surface area contributed by atoms with Crippen molar-refractivity contribution in [2.45, 2.75) is 19.1 Å². The number of carbonyl (C=O) groups is 3. The number of benzene rings is 2. The molecular weight excluding hydrogens is 346 g/mol. The first kappa shape index (κ1) is 18.6. The maximum Gasteiger partial charge on any atom is 0.258 e. The molecule has 0 aliphatic carbocycles. The summed E-state index contributed by atoms with van der Waals surface area (Å²) in [6, 6.07) is 14.8. The van der Waals surface area contributed by atoms with E-state index in [-0.39, 0.29) is 18.4 Å². The van der Waals surface area contributed by atoms with E-state index in [1.165, 1.54) is 16.7 Å². The zero-order valence-electron chi connectivity index (χ0n) is 15.1. The number of nitrogens with zero attached hydrogens (tertiary/aromatic N) is 2. The second-order valence-corrected chi connectivity index (χ2v) is 6.40. The first-order valence-electron chi connectivity index (χ1n) is 8.62. The van der Waals surface area contributed by atoms with Crippen molar-refractivity contribution in [3.05, 3.63) is 60.2 Å². The highest BCUT2D eigenvalue weighted by Gasteiger charge is 2.35. The second-order valence-electron chi connectivity index (χ2n) is 6.40. The van der Waals surface area contributed by atoms with Gasteiger partial charge in [0.25, 0.3) is 11.8 Å². The van der Waals surface area contributed by atoms with E-state index in [2.05, 4.69) is 5.32 Å². The Morgan fingerprint density at radius 1 is 1.07 bits per heavy atom. The molecule has 0 saturated carbocycles. The van der Waals surface area contributed by atoms with Crippen LogP contribution < -0.4 is 15.1 Å². The lowest BCUT2D eigenvalue weighted by atomic mass is 10.1. The van der Waals surface area contributed by atoms with Gasteiger partial charge in [0.2, 0.25) is 5.91 Å². The molecule has 140 valence electrons. The van der Waals surface area contributed by atoms with Crippen LogP contribution in [0.15, 0.2) is 54.6 Å². The Labute approximate surface area is 157 Å². The Balaban J connectivity index is 2.03. The predicted molar refractivity (Wildman–Crippen MR) is 102 cm³/mol. The lowest BCUT2D eigenvalue weighted by Crippen LogP contribution is -2.54. The first-order chi connectivity index (χ1) is 12.9. The Hall–Kier alpha value is -3.19. The fourth-order valence-corrected chi connectivity index (χ4v) is 3.02. The van der Waals surface area contributed by atoms with E-state index >= 15 is 0 Å². The van der Waals surface area contributed by atoms with Crippen molar-refractivity contribution in [2.24, 2.45) is 0 Å². The van der Waals surface area contributed by atoms with Crippen molar-refractivity contribution in [1.82, 2.24) is 5.32 Å². The number of nitrogens with one attached hydrogen (secondary N) is 1. The molecule has 1 heterocycles. The number of rotatable bonds is 3. The maximum absolute atomic E-state index is 13.1. The third-order valence-corrected chi connectivity index (χ3v) is 4.49. The molecule has 1 aliphatic rings. The lowest BCUT2D eigenvalue weighted by molar-refractivity contribution is -0.132. The van der Waals surface area contributed by atoms with Crippen LogP contribution in [0, 0.1) is 0 Å². The molecule has 2 N–H and O–H groups in total. The number of hydrogen-bond donors (Lipinski definition) is 2. The van der Waals surface area contributed by atoms with Crippen LogP contribution in [-0.2, 0) is 9.59 Å². The SMILES string of the molecule is C[C@H](O)C(=O)N[C@H]1CN(C(=O)c2ccccc2)c2ccccc2N(C)C1=O. The number of fused-ring (bicyclic) bond motifs is 1. The van der Waals surface area contributed by atoms with E-state index in [1.54, 1.807) is 55.6 Å². The van der Waals surface area contributed by atoms with Crippen LogP contribution in [0.3, 0.4) is 0 Å². The fourth-order valence-electron chi connectivity index (χ4n) is 3.02. The lowest BCUT2D eigenvalue weighted by Gasteiger charge is -2.25. The predicted octanol–water partition coefficient (Wildman–Crippen LogP) is 1.18. The molecule has 0 fully saturated rings. The number of aliphatic hydroxyl groups is 1. The minimum atomic E-state index is -1.26. The summed E-state index contributed by atoms with van der Waals surface area (Å²) in [5, 5.41) is 12.0. The molecule has 0 saturated heterocycles. The van der Waals surface area contributed by atoms with Crippen LogP contribution in [0.2, 0.25) is 0 Å². The smallest absolute Gasteiger partial charge is 0.258 e. The second kappa shape index (κ2) is 7.59. The fraction of sp³-hybridized carbons (Fsp3) is 0.250. The van der Waals surface area contributed by atoms with Gasteiger partial charge in [-0.3, -0.25) is 14.4 Å². The summed E-state index contributed by atoms with van der Waals surface area (Å²) in [6.45, 7) is 1.29. The van der Waals surface area contributed by atoms with Gasteiger partial charge in [0.1, 0.15) is 12.1 Å². The third-order valence-electron chi connectivity index (χ3n) is 4.49. The maximum atomic E-state index is 13.1. The third kappa shape index (κ3) is 3.68. The van der Waals surface area contributed by atoms with Crippen molar-refractivity contribution in [3.63, 3.8) is 0 Å². The molecule has 0 bridgehead atoms. The zero-order valence-corrected chi connectivity index (χ0v) is 15.1. The largest absolute Gasteiger partial charge is 0.384 e. The molecule has 1 aliphatic heterocycles. The summed E-state index contributed by atoms with van der Waals surface area (Å²) in [6.07, 6.45) is -1.26. The van der Waals surface area contributed by atoms with Gasteiger partial charge in [-0.1, -0.05) is 30.3 Å². The highest BCUT2D eigenvalue weighted by atomic mass is 16.3. The van der Waals surface area contributed by atoms with Gasteiger partial charge in [0.05, 0.1) is 17.9 Å². The number of anilines is 2. The molecule has 27 heavy (non-hydrogen) atoms. The van der Waals surface area contributed by atoms with Gasteiger partial charge in [-0.15, -0.1) is 0 Å². The summed E-state index contributed by atoms with van der Waals surface area (Å²) in [5.74, 6) is -1.30. The standard InChI is InChI=1S/C20H21N3O4/c1-13(24)18(25)21-15-12-23(19(26)14-8-4-3-5-9-14)17-11-7-6-10-16(17)22(2)20(15)27/h3-11,13,15,24H,12H2,1-2H3,(H,21,25)/t13-,15-/m0/s1. The number of amides is 3. The minimum Gasteiger partial charge on any atom is -0.384 e. The summed E-state index contributed by atoms with van der Waals surface area (Å²) in [7, 11) is 1.60. The van der Waals surface area contributed by atoms with E-state index in [4.69, 9.17) is 0 Å². The molecule has 7 heteroatoms. The topological polar surface area (TPSA) is 89.9 Å². The van der Waals surface area contributed by atoms with E-state index < -0.39 is 18.1 Å². The van der Waals surface area contributed by atoms with Gasteiger partial charge in [0, 0.05) is 12.6 Å². The molecule has 0 spiro atoms. The Morgan fingerprint density at radius 3 is 2.30 bits per heavy atom. The van der Waals surface area contributed by atoms with Crippen LogP contribution in [0.25, 0.3) is 0 Å². The molecule has 0 radical (unpaired) electrons. The molecule has 2 aromatic carbocycles. The summed E-state index contributed by atoms with van der Waals surface area (Å²) >= 11 is 0. The van der Waals surface area contributed by atoms with Gasteiger partial charge in [-0.2, -0.15) is 0 Å². The van der Waals surface area contributed by atoms with E-state index in [9.17, 15) is 19.5 Å². The van der Waals surface area contributed by atoms with Crippen LogP contribution in [0.5, 0.6) is 0 Å². The summed E-state index contributed by atoms with van der Waals surface area (Å²) in [4.78, 5) is 40.9. The number of likely N-dealkylation sites (N-methyl/N-ethyl adjacent to an activating group) is 1. The normalized spacial score (nSPS) is 17.7. The Bertz CT molecular complexity index is 867. The number of aliphatic hydroxyl groups excluding tert-OH is 1. The average Bonchev–Trinajstić information content (AvgIpc) is 2.79. The molecule has 3 rings (SSSR count). The Morgan fingerprint density at radius 2 is 1.67 bits per heavy atom. The Kier molecular flexibility index (Phi) is 5.23. The van der Waals surface area contributed by atoms with E-state index in [1.807, 2.05) is 6.07 Å². The monoisotopic (exact) mass is 367 g/mol. The van der Waals surface area contributed by atoms with Gasteiger partial charge < -0.3 is 20.2 Å². The van der Waals surface area contributed by atoms with Crippen molar-refractivity contribution in [2.75, 3.05) is 23.4 Å². The minimum absolute atomic E-state index is 0.0353. The summed E-state index contributed by atoms with van der Waals surface area (Å²) < 4.78 is 0. The van der Waals surface area contributed by atoms with Gasteiger partial charge in [0.15, 0.2) is 0 Å². The van der Waals surface area contributed by atoms with Crippen LogP contribution in [0.1, 0.15) is 17.3 Å². The molecule has 2 atom stereocenters. The molecule has 2 aromatic rings. The van der Waals surface area contributed by atoms with Crippen LogP contribution >= 0.6 is 0 Å². The van der Waals surface area contributed by atoms with Crippen molar-refractivity contribution < 1.29 is 19.5 Å². The molecule has 0 unspecified atom stereocenters. The zero-order chi connectivity index (χ0) is 19.6. The average molecular weight is 367 g/mol. The highest BCUT2D eigenvalue weighted by molar-refractivity contribution is 6.12. The summed E-state index contributed by atoms with van der Waals surface area (Å²) in [5.41, 5.74) is 1.63. The quantitative estimate of drug-likeness (QED) is 0.852. The van der Waals surface area contributed by atoms with Crippen LogP contribution in [-0.4, -0.2) is 48.6 Å². The van der Waals surface area contributed by atoms with Crippen molar-refractivity contribution in [3.8, 4) is 0 Å². The molecular formula is C20H21N3O4. The van der Waals surface area contributed by atoms with Crippen molar-refractivity contribution >= 4 is 29.1 Å². The number of para-hydroxylation sites is 2. The highest BCUT2D eigenvalue weighted by Crippen LogP contribution is 2.32. The number of carbonyl (C=O) groups excluding carboxylic acids is 3. The first-order valence-corrected chi connectivity index (χ1v) is 8.62. The molecule has 0 aromatic heterocycles.